The van der Waals surface area contributed by atoms with Crippen LogP contribution in [0.4, 0.5) is 10.1 Å². The van der Waals surface area contributed by atoms with Gasteiger partial charge in [-0.2, -0.15) is 0 Å². The Morgan fingerprint density at radius 1 is 1.14 bits per heavy atom. The molecule has 21 heavy (non-hydrogen) atoms. The van der Waals surface area contributed by atoms with Crippen molar-refractivity contribution in [1.82, 2.24) is 0 Å². The summed E-state index contributed by atoms with van der Waals surface area (Å²) in [4.78, 5) is 0.138. The maximum atomic E-state index is 13.0. The van der Waals surface area contributed by atoms with E-state index in [1.807, 2.05) is 0 Å². The van der Waals surface area contributed by atoms with Gasteiger partial charge in [0, 0.05) is 4.47 Å². The molecule has 0 unspecified atom stereocenters. The van der Waals surface area contributed by atoms with E-state index in [0.29, 0.717) is 17.4 Å². The Morgan fingerprint density at radius 3 is 2.38 bits per heavy atom. The van der Waals surface area contributed by atoms with Crippen LogP contribution >= 0.6 is 15.9 Å². The van der Waals surface area contributed by atoms with Gasteiger partial charge in [-0.25, -0.2) is 12.8 Å². The molecule has 0 radical (unpaired) electrons. The topological polar surface area (TPSA) is 72.2 Å². The van der Waals surface area contributed by atoms with E-state index in [2.05, 4.69) is 20.7 Å². The first kappa shape index (κ1) is 15.9. The van der Waals surface area contributed by atoms with Crippen molar-refractivity contribution in [2.24, 2.45) is 5.73 Å². The molecule has 3 N–H and O–H groups in total. The lowest BCUT2D eigenvalue weighted by molar-refractivity contribution is 0.601. The van der Waals surface area contributed by atoms with Crippen molar-refractivity contribution in [2.45, 2.75) is 11.3 Å². The van der Waals surface area contributed by atoms with Gasteiger partial charge in [0.2, 0.25) is 0 Å². The van der Waals surface area contributed by atoms with E-state index in [1.54, 1.807) is 12.1 Å². The summed E-state index contributed by atoms with van der Waals surface area (Å²) in [5.41, 5.74) is 6.70. The zero-order valence-corrected chi connectivity index (χ0v) is 13.4. The maximum Gasteiger partial charge on any atom is 0.261 e. The van der Waals surface area contributed by atoms with Crippen LogP contribution in [0.1, 0.15) is 5.56 Å². The number of rotatable bonds is 5. The fraction of sp³-hybridized carbons (Fsp3) is 0.143. The van der Waals surface area contributed by atoms with Crippen LogP contribution in [0.3, 0.4) is 0 Å². The smallest absolute Gasteiger partial charge is 0.261 e. The molecule has 0 aliphatic carbocycles. The number of hydrogen-bond donors (Lipinski definition) is 2. The van der Waals surface area contributed by atoms with Crippen molar-refractivity contribution in [3.05, 3.63) is 58.3 Å². The van der Waals surface area contributed by atoms with Gasteiger partial charge in [-0.15, -0.1) is 0 Å². The van der Waals surface area contributed by atoms with E-state index in [9.17, 15) is 12.8 Å². The molecule has 0 spiro atoms. The minimum Gasteiger partial charge on any atom is -0.330 e. The lowest BCUT2D eigenvalue weighted by atomic mass is 10.2. The van der Waals surface area contributed by atoms with Gasteiger partial charge in [-0.3, -0.25) is 4.72 Å². The summed E-state index contributed by atoms with van der Waals surface area (Å²) in [7, 11) is -3.71. The second-order valence-electron chi connectivity index (χ2n) is 4.41. The standard InChI is InChI=1S/C14H14BrFN2O2S/c15-13-9-11(16)3-6-14(13)18-21(19,20)12-4-1-10(2-5-12)7-8-17/h1-6,9,18H,7-8,17H2. The average Bonchev–Trinajstić information content (AvgIpc) is 2.43. The third kappa shape index (κ3) is 4.03. The number of hydrogen-bond acceptors (Lipinski definition) is 3. The van der Waals surface area contributed by atoms with Gasteiger partial charge in [0.15, 0.2) is 0 Å². The Balaban J connectivity index is 2.25. The van der Waals surface area contributed by atoms with Gasteiger partial charge in [0.1, 0.15) is 5.82 Å². The minimum atomic E-state index is -3.71. The Morgan fingerprint density at radius 2 is 1.81 bits per heavy atom. The van der Waals surface area contributed by atoms with Crippen molar-refractivity contribution >= 4 is 31.6 Å². The highest BCUT2D eigenvalue weighted by molar-refractivity contribution is 9.10. The minimum absolute atomic E-state index is 0.138. The fourth-order valence-electron chi connectivity index (χ4n) is 1.78. The Kier molecular flexibility index (Phi) is 4.97. The van der Waals surface area contributed by atoms with E-state index < -0.39 is 15.8 Å². The van der Waals surface area contributed by atoms with E-state index in [-0.39, 0.29) is 10.6 Å². The summed E-state index contributed by atoms with van der Waals surface area (Å²) in [5, 5.41) is 0. The summed E-state index contributed by atoms with van der Waals surface area (Å²) in [6.07, 6.45) is 0.692. The molecule has 7 heteroatoms. The van der Waals surface area contributed by atoms with Crippen LogP contribution in [0.15, 0.2) is 51.8 Å². The second kappa shape index (κ2) is 6.55. The molecule has 112 valence electrons. The SMILES string of the molecule is NCCc1ccc(S(=O)(=O)Nc2ccc(F)cc2Br)cc1. The first-order chi connectivity index (χ1) is 9.92. The Labute approximate surface area is 131 Å². The van der Waals surface area contributed by atoms with Crippen molar-refractivity contribution < 1.29 is 12.8 Å². The van der Waals surface area contributed by atoms with E-state index in [1.165, 1.54) is 30.3 Å². The molecular weight excluding hydrogens is 359 g/mol. The third-order valence-corrected chi connectivity index (χ3v) is 4.88. The predicted octanol–water partition coefficient (Wildman–Crippen LogP) is 2.89. The highest BCUT2D eigenvalue weighted by atomic mass is 79.9. The molecule has 0 aromatic heterocycles. The molecule has 2 rings (SSSR count). The normalized spacial score (nSPS) is 11.4. The molecule has 0 heterocycles. The van der Waals surface area contributed by atoms with E-state index in [0.717, 1.165) is 5.56 Å². The average molecular weight is 373 g/mol. The zero-order chi connectivity index (χ0) is 15.5. The molecule has 0 aliphatic heterocycles. The maximum absolute atomic E-state index is 13.0. The first-order valence-corrected chi connectivity index (χ1v) is 8.47. The van der Waals surface area contributed by atoms with Gasteiger partial charge in [-0.05, 0) is 64.8 Å². The number of nitrogens with one attached hydrogen (secondary N) is 1. The number of anilines is 1. The Bertz CT molecular complexity index is 733. The van der Waals surface area contributed by atoms with Crippen LogP contribution in [0.5, 0.6) is 0 Å². The molecule has 0 atom stereocenters. The lowest BCUT2D eigenvalue weighted by Crippen LogP contribution is -2.13. The van der Waals surface area contributed by atoms with Gasteiger partial charge in [0.05, 0.1) is 10.6 Å². The van der Waals surface area contributed by atoms with E-state index in [4.69, 9.17) is 5.73 Å². The quantitative estimate of drug-likeness (QED) is 0.847. The van der Waals surface area contributed by atoms with Crippen molar-refractivity contribution in [3.63, 3.8) is 0 Å². The van der Waals surface area contributed by atoms with Crippen LogP contribution in [0, 0.1) is 5.82 Å². The van der Waals surface area contributed by atoms with Crippen LogP contribution in [-0.2, 0) is 16.4 Å². The highest BCUT2D eigenvalue weighted by Crippen LogP contribution is 2.25. The number of halogens is 2. The monoisotopic (exact) mass is 372 g/mol. The summed E-state index contributed by atoms with van der Waals surface area (Å²) in [5.74, 6) is -0.448. The molecule has 0 aliphatic rings. The predicted molar refractivity (Wildman–Crippen MR) is 84.1 cm³/mol. The van der Waals surface area contributed by atoms with Gasteiger partial charge < -0.3 is 5.73 Å². The van der Waals surface area contributed by atoms with Gasteiger partial charge in [0.25, 0.3) is 10.0 Å². The van der Waals surface area contributed by atoms with Crippen molar-refractivity contribution in [1.29, 1.82) is 0 Å². The van der Waals surface area contributed by atoms with Crippen LogP contribution in [-0.4, -0.2) is 15.0 Å². The largest absolute Gasteiger partial charge is 0.330 e. The van der Waals surface area contributed by atoms with Crippen molar-refractivity contribution in [3.8, 4) is 0 Å². The van der Waals surface area contributed by atoms with Crippen LogP contribution in [0.2, 0.25) is 0 Å². The third-order valence-electron chi connectivity index (χ3n) is 2.84. The molecule has 0 fully saturated rings. The first-order valence-electron chi connectivity index (χ1n) is 6.19. The summed E-state index contributed by atoms with van der Waals surface area (Å²) >= 11 is 3.12. The number of nitrogens with two attached hydrogens (primary N) is 1. The molecule has 2 aromatic rings. The van der Waals surface area contributed by atoms with E-state index >= 15 is 0 Å². The molecule has 0 amide bonds. The number of benzene rings is 2. The molecular formula is C14H14BrFN2O2S. The van der Waals surface area contributed by atoms with Crippen LogP contribution in [0.25, 0.3) is 0 Å². The van der Waals surface area contributed by atoms with Gasteiger partial charge in [-0.1, -0.05) is 12.1 Å². The molecule has 2 aromatic carbocycles. The van der Waals surface area contributed by atoms with Crippen LogP contribution < -0.4 is 10.5 Å². The van der Waals surface area contributed by atoms with Crippen molar-refractivity contribution in [2.75, 3.05) is 11.3 Å². The summed E-state index contributed by atoms with van der Waals surface area (Å²) in [6.45, 7) is 0.507. The Hall–Kier alpha value is -1.44. The lowest BCUT2D eigenvalue weighted by Gasteiger charge is -2.10. The second-order valence-corrected chi connectivity index (χ2v) is 6.95. The summed E-state index contributed by atoms with van der Waals surface area (Å²) < 4.78 is 40.3. The molecule has 0 bridgehead atoms. The fourth-order valence-corrected chi connectivity index (χ4v) is 3.44. The van der Waals surface area contributed by atoms with Gasteiger partial charge >= 0.3 is 0 Å². The highest BCUT2D eigenvalue weighted by Gasteiger charge is 2.15. The molecule has 0 saturated heterocycles. The zero-order valence-electron chi connectivity index (χ0n) is 11.0. The number of sulfonamides is 1. The molecule has 4 nitrogen and oxygen atoms in total. The molecule has 0 saturated carbocycles. The summed E-state index contributed by atoms with van der Waals surface area (Å²) in [6, 6.07) is 10.2.